The SMILES string of the molecule is Cc1ccc(NC(=O)NCC2CCCN2CC(F)F)c(C)n1. The predicted octanol–water partition coefficient (Wildman–Crippen LogP) is 2.55. The Kier molecular flexibility index (Phi) is 5.65. The molecule has 2 heterocycles. The number of aromatic nitrogens is 1. The number of urea groups is 1. The highest BCUT2D eigenvalue weighted by Crippen LogP contribution is 2.18. The number of hydrogen-bond acceptors (Lipinski definition) is 3. The second kappa shape index (κ2) is 7.49. The molecule has 7 heteroatoms. The number of anilines is 1. The Morgan fingerprint density at radius 2 is 2.23 bits per heavy atom. The Labute approximate surface area is 129 Å². The topological polar surface area (TPSA) is 57.3 Å². The summed E-state index contributed by atoms with van der Waals surface area (Å²) in [6, 6.07) is 3.27. The van der Waals surface area contributed by atoms with Gasteiger partial charge in [0.05, 0.1) is 17.9 Å². The van der Waals surface area contributed by atoms with Crippen LogP contribution < -0.4 is 10.6 Å². The molecule has 0 spiro atoms. The average molecular weight is 312 g/mol. The summed E-state index contributed by atoms with van der Waals surface area (Å²) in [6.07, 6.45) is -0.615. The van der Waals surface area contributed by atoms with Crippen molar-refractivity contribution in [3.05, 3.63) is 23.5 Å². The van der Waals surface area contributed by atoms with E-state index in [1.54, 1.807) is 11.0 Å². The molecule has 1 fully saturated rings. The van der Waals surface area contributed by atoms with Crippen LogP contribution in [-0.2, 0) is 0 Å². The highest BCUT2D eigenvalue weighted by atomic mass is 19.3. The molecule has 1 aromatic heterocycles. The number of likely N-dealkylation sites (tertiary alicyclic amines) is 1. The van der Waals surface area contributed by atoms with E-state index in [0.29, 0.717) is 18.8 Å². The number of nitrogens with one attached hydrogen (secondary N) is 2. The lowest BCUT2D eigenvalue weighted by Gasteiger charge is -2.24. The summed E-state index contributed by atoms with van der Waals surface area (Å²) >= 11 is 0. The fourth-order valence-corrected chi connectivity index (χ4v) is 2.74. The Hall–Kier alpha value is -1.76. The monoisotopic (exact) mass is 312 g/mol. The number of pyridine rings is 1. The Bertz CT molecular complexity index is 524. The molecule has 2 rings (SSSR count). The average Bonchev–Trinajstić information content (AvgIpc) is 2.86. The van der Waals surface area contributed by atoms with Crippen LogP contribution in [0.15, 0.2) is 12.1 Å². The van der Waals surface area contributed by atoms with Gasteiger partial charge in [0.2, 0.25) is 0 Å². The fourth-order valence-electron chi connectivity index (χ4n) is 2.74. The Morgan fingerprint density at radius 1 is 1.45 bits per heavy atom. The van der Waals surface area contributed by atoms with Crippen LogP contribution >= 0.6 is 0 Å². The Balaban J connectivity index is 1.82. The van der Waals surface area contributed by atoms with Gasteiger partial charge in [-0.05, 0) is 45.4 Å². The summed E-state index contributed by atoms with van der Waals surface area (Å²) in [5.74, 6) is 0. The summed E-state index contributed by atoms with van der Waals surface area (Å²) in [4.78, 5) is 17.9. The molecule has 0 bridgehead atoms. The summed E-state index contributed by atoms with van der Waals surface area (Å²) in [5, 5.41) is 5.49. The third-order valence-corrected chi connectivity index (χ3v) is 3.84. The smallest absolute Gasteiger partial charge is 0.319 e. The number of alkyl halides is 2. The lowest BCUT2D eigenvalue weighted by Crippen LogP contribution is -2.43. The normalized spacial score (nSPS) is 18.7. The van der Waals surface area contributed by atoms with Crippen LogP contribution in [0.2, 0.25) is 0 Å². The molecule has 0 saturated carbocycles. The zero-order valence-electron chi connectivity index (χ0n) is 12.9. The van der Waals surface area contributed by atoms with Gasteiger partial charge in [-0.3, -0.25) is 9.88 Å². The zero-order chi connectivity index (χ0) is 16.1. The van der Waals surface area contributed by atoms with Crippen molar-refractivity contribution in [3.8, 4) is 0 Å². The van der Waals surface area contributed by atoms with Gasteiger partial charge in [-0.2, -0.15) is 0 Å². The van der Waals surface area contributed by atoms with Crippen LogP contribution in [0.1, 0.15) is 24.2 Å². The van der Waals surface area contributed by atoms with Gasteiger partial charge in [-0.25, -0.2) is 13.6 Å². The van der Waals surface area contributed by atoms with Gasteiger partial charge >= 0.3 is 6.03 Å². The minimum atomic E-state index is -2.34. The van der Waals surface area contributed by atoms with Crippen molar-refractivity contribution in [2.45, 2.75) is 39.2 Å². The molecule has 0 aromatic carbocycles. The van der Waals surface area contributed by atoms with E-state index in [1.807, 2.05) is 19.9 Å². The number of nitrogens with zero attached hydrogens (tertiary/aromatic N) is 2. The van der Waals surface area contributed by atoms with E-state index in [2.05, 4.69) is 15.6 Å². The summed E-state index contributed by atoms with van der Waals surface area (Å²) in [6.45, 7) is 4.52. The number of hydrogen-bond donors (Lipinski definition) is 2. The van der Waals surface area contributed by atoms with Crippen LogP contribution in [0, 0.1) is 13.8 Å². The molecule has 1 aromatic rings. The number of carbonyl (C=O) groups is 1. The van der Waals surface area contributed by atoms with Gasteiger partial charge in [-0.1, -0.05) is 0 Å². The van der Waals surface area contributed by atoms with Crippen molar-refractivity contribution in [2.75, 3.05) is 25.0 Å². The van der Waals surface area contributed by atoms with Crippen molar-refractivity contribution in [1.29, 1.82) is 0 Å². The van der Waals surface area contributed by atoms with E-state index < -0.39 is 6.43 Å². The summed E-state index contributed by atoms with van der Waals surface area (Å²) in [5.41, 5.74) is 2.28. The minimum Gasteiger partial charge on any atom is -0.336 e. The molecule has 1 atom stereocenters. The van der Waals surface area contributed by atoms with E-state index in [1.165, 1.54) is 0 Å². The number of carbonyl (C=O) groups excluding carboxylic acids is 1. The van der Waals surface area contributed by atoms with Crippen LogP contribution in [0.25, 0.3) is 0 Å². The molecule has 22 heavy (non-hydrogen) atoms. The first kappa shape index (κ1) is 16.6. The van der Waals surface area contributed by atoms with Crippen molar-refractivity contribution in [1.82, 2.24) is 15.2 Å². The third-order valence-electron chi connectivity index (χ3n) is 3.84. The predicted molar refractivity (Wildman–Crippen MR) is 81.3 cm³/mol. The lowest BCUT2D eigenvalue weighted by molar-refractivity contribution is 0.0826. The van der Waals surface area contributed by atoms with Crippen molar-refractivity contribution < 1.29 is 13.6 Å². The van der Waals surface area contributed by atoms with Gasteiger partial charge in [0.1, 0.15) is 0 Å². The number of aryl methyl sites for hydroxylation is 2. The van der Waals surface area contributed by atoms with Gasteiger partial charge in [-0.15, -0.1) is 0 Å². The molecule has 2 amide bonds. The van der Waals surface area contributed by atoms with E-state index in [9.17, 15) is 13.6 Å². The summed E-state index contributed by atoms with van der Waals surface area (Å²) in [7, 11) is 0. The second-order valence-electron chi connectivity index (χ2n) is 5.60. The molecule has 0 aliphatic carbocycles. The minimum absolute atomic E-state index is 0.0167. The van der Waals surface area contributed by atoms with E-state index >= 15 is 0 Å². The van der Waals surface area contributed by atoms with Crippen molar-refractivity contribution >= 4 is 11.7 Å². The molecular weight excluding hydrogens is 290 g/mol. The molecule has 1 aliphatic rings. The first-order chi connectivity index (χ1) is 10.5. The first-order valence-corrected chi connectivity index (χ1v) is 7.47. The van der Waals surface area contributed by atoms with Gasteiger partial charge in [0, 0.05) is 18.3 Å². The van der Waals surface area contributed by atoms with E-state index in [-0.39, 0.29) is 18.6 Å². The fraction of sp³-hybridized carbons (Fsp3) is 0.600. The summed E-state index contributed by atoms with van der Waals surface area (Å²) < 4.78 is 25.0. The Morgan fingerprint density at radius 3 is 2.91 bits per heavy atom. The largest absolute Gasteiger partial charge is 0.336 e. The van der Waals surface area contributed by atoms with Crippen LogP contribution in [0.3, 0.4) is 0 Å². The number of halogens is 2. The standard InChI is InChI=1S/C15H22F2N4O/c1-10-5-6-13(11(2)19-10)20-15(22)18-8-12-4-3-7-21(12)9-14(16)17/h5-6,12,14H,3-4,7-9H2,1-2H3,(H2,18,20,22). The molecule has 1 saturated heterocycles. The molecule has 1 unspecified atom stereocenters. The molecular formula is C15H22F2N4O. The maximum absolute atomic E-state index is 12.5. The highest BCUT2D eigenvalue weighted by Gasteiger charge is 2.26. The van der Waals surface area contributed by atoms with Crippen LogP contribution in [0.4, 0.5) is 19.3 Å². The molecule has 122 valence electrons. The van der Waals surface area contributed by atoms with Crippen LogP contribution in [0.5, 0.6) is 0 Å². The van der Waals surface area contributed by atoms with Crippen molar-refractivity contribution in [2.24, 2.45) is 0 Å². The maximum Gasteiger partial charge on any atom is 0.319 e. The third kappa shape index (κ3) is 4.62. The van der Waals surface area contributed by atoms with Crippen LogP contribution in [-0.4, -0.2) is 48.0 Å². The quantitative estimate of drug-likeness (QED) is 0.878. The van der Waals surface area contributed by atoms with E-state index in [0.717, 1.165) is 24.2 Å². The lowest BCUT2D eigenvalue weighted by atomic mass is 10.2. The molecule has 2 N–H and O–H groups in total. The van der Waals surface area contributed by atoms with E-state index in [4.69, 9.17) is 0 Å². The van der Waals surface area contributed by atoms with Gasteiger partial charge < -0.3 is 10.6 Å². The van der Waals surface area contributed by atoms with Gasteiger partial charge in [0.25, 0.3) is 6.43 Å². The first-order valence-electron chi connectivity index (χ1n) is 7.47. The number of amides is 2. The van der Waals surface area contributed by atoms with Gasteiger partial charge in [0.15, 0.2) is 0 Å². The molecule has 1 aliphatic heterocycles. The van der Waals surface area contributed by atoms with Crippen molar-refractivity contribution in [3.63, 3.8) is 0 Å². The zero-order valence-corrected chi connectivity index (χ0v) is 12.9. The number of rotatable bonds is 5. The molecule has 5 nitrogen and oxygen atoms in total. The molecule has 0 radical (unpaired) electrons. The second-order valence-corrected chi connectivity index (χ2v) is 5.60. The highest BCUT2D eigenvalue weighted by molar-refractivity contribution is 5.89. The maximum atomic E-state index is 12.5.